The molecule has 94 heavy (non-hydrogen) atoms. The highest BCUT2D eigenvalue weighted by atomic mass is 16.7. The molecular weight excluding hydrogens is 1180 g/mol. The van der Waals surface area contributed by atoms with E-state index in [1.54, 1.807) is 0 Å². The van der Waals surface area contributed by atoms with Crippen LogP contribution in [0.1, 0.15) is 62.9 Å². The smallest absolute Gasteiger partial charge is 0.186 e. The lowest BCUT2D eigenvalue weighted by Crippen LogP contribution is -2.61. The highest BCUT2D eigenvalue weighted by Crippen LogP contribution is 2.34. The van der Waals surface area contributed by atoms with Crippen molar-refractivity contribution >= 4 is 0 Å². The third-order valence-electron chi connectivity index (χ3n) is 16.7. The molecule has 9 aromatic rings. The molecule has 13 nitrogen and oxygen atoms in total. The Bertz CT molecular complexity index is 3210. The molecule has 0 aromatic heterocycles. The summed E-state index contributed by atoms with van der Waals surface area (Å²) in [5.41, 5.74) is 9.48. The molecule has 0 radical (unpaired) electrons. The van der Waals surface area contributed by atoms with E-state index in [0.717, 1.165) is 64.1 Å². The molecule has 9 aromatic carbocycles. The van der Waals surface area contributed by atoms with Gasteiger partial charge >= 0.3 is 0 Å². The van der Waals surface area contributed by atoms with Gasteiger partial charge in [-0.05, 0) is 62.9 Å². The molecule has 10 atom stereocenters. The molecule has 0 spiro atoms. The van der Waals surface area contributed by atoms with Crippen molar-refractivity contribution in [2.45, 2.75) is 134 Å². The Hall–Kier alpha value is -7.54. The van der Waals surface area contributed by atoms with E-state index in [1.807, 2.05) is 146 Å². The molecular formula is C81H89NO12. The van der Waals surface area contributed by atoms with Crippen LogP contribution in [-0.4, -0.2) is 106 Å². The maximum Gasteiger partial charge on any atom is 0.186 e. The summed E-state index contributed by atoms with van der Waals surface area (Å²) in [5.74, 6) is 0. The minimum absolute atomic E-state index is 0.232. The highest BCUT2D eigenvalue weighted by molar-refractivity contribution is 5.20. The first kappa shape index (κ1) is 67.9. The Morgan fingerprint density at radius 2 is 0.479 bits per heavy atom. The van der Waals surface area contributed by atoms with E-state index in [2.05, 4.69) is 132 Å². The van der Waals surface area contributed by atoms with E-state index in [0.29, 0.717) is 78.9 Å². The molecule has 0 amide bonds. The first-order valence-electron chi connectivity index (χ1n) is 33.1. The summed E-state index contributed by atoms with van der Waals surface area (Å²) in [6, 6.07) is 92.0. The zero-order chi connectivity index (χ0) is 63.9. The van der Waals surface area contributed by atoms with Crippen molar-refractivity contribution in [3.63, 3.8) is 0 Å². The van der Waals surface area contributed by atoms with E-state index in [4.69, 9.17) is 56.8 Å². The van der Waals surface area contributed by atoms with Crippen LogP contribution >= 0.6 is 0 Å². The van der Waals surface area contributed by atoms with Crippen LogP contribution < -0.4 is 0 Å². The number of hydrogen-bond acceptors (Lipinski definition) is 13. The lowest BCUT2D eigenvalue weighted by Gasteiger charge is -2.46. The monoisotopic (exact) mass is 1270 g/mol. The Kier molecular flexibility index (Phi) is 27.5. The molecule has 13 heteroatoms. The SMILES string of the molecule is c1ccc(COC[C@H]2O[C@H](OCCCN(CCCO[C@H]3O[C@H](COCc4ccccc4)[C@@H](OCc4ccccc4)[C@H](OCc4ccccc4)[C@@H]3OCc3ccccc3)Cc3ccccc3)[C@@H](OCc3ccccc3)[C@@H](OCc3ccccc3)[C@@H]2OCc2ccccc2)cc1. The molecule has 11 rings (SSSR count). The molecule has 2 saturated heterocycles. The van der Waals surface area contributed by atoms with Gasteiger partial charge in [-0.15, -0.1) is 0 Å². The van der Waals surface area contributed by atoms with Crippen molar-refractivity contribution in [2.75, 3.05) is 39.5 Å². The number of rotatable bonds is 38. The second kappa shape index (κ2) is 38.1. The van der Waals surface area contributed by atoms with E-state index in [1.165, 1.54) is 5.56 Å². The Morgan fingerprint density at radius 3 is 0.755 bits per heavy atom. The largest absolute Gasteiger partial charge is 0.374 e. The van der Waals surface area contributed by atoms with E-state index >= 15 is 0 Å². The third kappa shape index (κ3) is 21.8. The first-order valence-corrected chi connectivity index (χ1v) is 33.1. The van der Waals surface area contributed by atoms with Gasteiger partial charge < -0.3 is 56.8 Å². The van der Waals surface area contributed by atoms with Crippen molar-refractivity contribution in [3.8, 4) is 0 Å². The quantitative estimate of drug-likeness (QED) is 0.0343. The summed E-state index contributed by atoms with van der Waals surface area (Å²) in [4.78, 5) is 2.46. The van der Waals surface area contributed by atoms with Crippen LogP contribution in [0.2, 0.25) is 0 Å². The second-order valence-electron chi connectivity index (χ2n) is 23.9. The van der Waals surface area contributed by atoms with Gasteiger partial charge in [0.15, 0.2) is 12.6 Å². The van der Waals surface area contributed by atoms with Crippen LogP contribution in [-0.2, 0) is 116 Å². The third-order valence-corrected chi connectivity index (χ3v) is 16.7. The normalized spacial score (nSPS) is 21.3. The van der Waals surface area contributed by atoms with Crippen LogP contribution in [0, 0.1) is 0 Å². The Balaban J connectivity index is 0.811. The summed E-state index contributed by atoms with van der Waals surface area (Å²) in [6.45, 7) is 6.13. The van der Waals surface area contributed by atoms with Crippen LogP contribution in [0.4, 0.5) is 0 Å². The molecule has 2 heterocycles. The molecule has 2 aliphatic heterocycles. The molecule has 2 fully saturated rings. The second-order valence-corrected chi connectivity index (χ2v) is 23.9. The molecule has 0 unspecified atom stereocenters. The van der Waals surface area contributed by atoms with E-state index in [9.17, 15) is 0 Å². The number of nitrogens with zero attached hydrogens (tertiary/aromatic N) is 1. The summed E-state index contributed by atoms with van der Waals surface area (Å²) in [7, 11) is 0. The minimum Gasteiger partial charge on any atom is -0.374 e. The van der Waals surface area contributed by atoms with Crippen molar-refractivity contribution in [3.05, 3.63) is 323 Å². The predicted octanol–water partition coefficient (Wildman–Crippen LogP) is 14.7. The summed E-state index contributed by atoms with van der Waals surface area (Å²) in [5, 5.41) is 0. The first-order chi connectivity index (χ1) is 46.6. The average Bonchev–Trinajstić information content (AvgIpc) is 0.820. The van der Waals surface area contributed by atoms with Gasteiger partial charge in [0.25, 0.3) is 0 Å². The maximum absolute atomic E-state index is 7.08. The predicted molar refractivity (Wildman–Crippen MR) is 362 cm³/mol. The van der Waals surface area contributed by atoms with Gasteiger partial charge in [0, 0.05) is 19.6 Å². The number of hydrogen-bond donors (Lipinski definition) is 0. The lowest BCUT2D eigenvalue weighted by molar-refractivity contribution is -0.328. The summed E-state index contributed by atoms with van der Waals surface area (Å²) < 4.78 is 82.9. The van der Waals surface area contributed by atoms with Gasteiger partial charge in [-0.25, -0.2) is 0 Å². The lowest BCUT2D eigenvalue weighted by atomic mass is 9.97. The topological polar surface area (TPSA) is 114 Å². The Morgan fingerprint density at radius 1 is 0.245 bits per heavy atom. The number of ether oxygens (including phenoxy) is 12. The number of benzene rings is 9. The summed E-state index contributed by atoms with van der Waals surface area (Å²) >= 11 is 0. The fourth-order valence-electron chi connectivity index (χ4n) is 11.8. The highest BCUT2D eigenvalue weighted by Gasteiger charge is 2.51. The van der Waals surface area contributed by atoms with Crippen molar-refractivity contribution in [1.82, 2.24) is 4.90 Å². The van der Waals surface area contributed by atoms with E-state index in [-0.39, 0.29) is 13.2 Å². The molecule has 0 aliphatic carbocycles. The van der Waals surface area contributed by atoms with Crippen LogP contribution in [0.5, 0.6) is 0 Å². The standard InChI is InChI=1S/C81H89NO12/c1-10-30-63(31-11-1)52-82(48-28-50-85-80-78(91-59-70-44-24-8-25-45-70)76(89-57-68-40-20-6-21-41-68)74(87-55-66-36-16-4-17-37-66)72(93-80)61-83-53-64-32-12-2-13-33-64)49-29-51-86-81-79(92-60-71-46-26-9-27-47-71)77(90-58-69-42-22-7-23-43-69)75(88-56-67-38-18-5-19-39-67)73(94-81)62-84-54-65-34-14-3-15-35-65/h1-27,30-47,72-81H,28-29,48-62H2/t72-,73-,74-,75-,76+,77+,78+,79+,80+,81+/m1/s1. The molecule has 0 bridgehead atoms. The van der Waals surface area contributed by atoms with Gasteiger partial charge in [-0.3, -0.25) is 4.90 Å². The van der Waals surface area contributed by atoms with Crippen LogP contribution in [0.3, 0.4) is 0 Å². The van der Waals surface area contributed by atoms with Gasteiger partial charge in [-0.1, -0.05) is 273 Å². The van der Waals surface area contributed by atoms with Gasteiger partial charge in [0.05, 0.1) is 79.3 Å². The Labute approximate surface area is 555 Å². The fourth-order valence-corrected chi connectivity index (χ4v) is 11.8. The van der Waals surface area contributed by atoms with Crippen LogP contribution in [0.25, 0.3) is 0 Å². The molecule has 0 saturated carbocycles. The molecule has 2 aliphatic rings. The van der Waals surface area contributed by atoms with Gasteiger partial charge in [-0.2, -0.15) is 0 Å². The average molecular weight is 1270 g/mol. The van der Waals surface area contributed by atoms with Crippen molar-refractivity contribution in [1.29, 1.82) is 0 Å². The summed E-state index contributed by atoms with van der Waals surface area (Å²) in [6.07, 6.45) is -5.19. The maximum atomic E-state index is 7.08. The van der Waals surface area contributed by atoms with Crippen LogP contribution in [0.15, 0.2) is 273 Å². The fraction of sp³-hybridized carbons (Fsp3) is 0.333. The van der Waals surface area contributed by atoms with E-state index < -0.39 is 61.4 Å². The van der Waals surface area contributed by atoms with Gasteiger partial charge in [0.1, 0.15) is 48.8 Å². The zero-order valence-electron chi connectivity index (χ0n) is 53.6. The van der Waals surface area contributed by atoms with Gasteiger partial charge in [0.2, 0.25) is 0 Å². The molecule has 0 N–H and O–H groups in total. The van der Waals surface area contributed by atoms with Crippen molar-refractivity contribution in [2.24, 2.45) is 0 Å². The van der Waals surface area contributed by atoms with Crippen molar-refractivity contribution < 1.29 is 56.8 Å². The molecule has 490 valence electrons. The minimum atomic E-state index is -0.827. The zero-order valence-corrected chi connectivity index (χ0v) is 53.6.